The number of nitrogens with zero attached hydrogens (tertiary/aromatic N) is 2. The molecule has 0 unspecified atom stereocenters. The molecule has 0 aliphatic carbocycles. The highest BCUT2D eigenvalue weighted by molar-refractivity contribution is 4.67. The molecule has 1 saturated heterocycles. The third kappa shape index (κ3) is 5.80. The largest absolute Gasteiger partial charge is 0.366 e. The van der Waals surface area contributed by atoms with Gasteiger partial charge < -0.3 is 9.47 Å². The summed E-state index contributed by atoms with van der Waals surface area (Å²) in [6.07, 6.45) is 2.20. The SMILES string of the molecule is CCCOCN1CCN(COCCC)CC1. The molecule has 4 heteroatoms. The molecule has 1 rings (SSSR count). The topological polar surface area (TPSA) is 24.9 Å². The predicted octanol–water partition coefficient (Wildman–Crippen LogP) is 1.37. The monoisotopic (exact) mass is 230 g/mol. The van der Waals surface area contributed by atoms with Crippen LogP contribution >= 0.6 is 0 Å². The van der Waals surface area contributed by atoms with Gasteiger partial charge in [0.25, 0.3) is 0 Å². The quantitative estimate of drug-likeness (QED) is 0.588. The lowest BCUT2D eigenvalue weighted by atomic mass is 10.3. The number of hydrogen-bond donors (Lipinski definition) is 0. The smallest absolute Gasteiger partial charge is 0.0991 e. The molecule has 1 aliphatic rings. The van der Waals surface area contributed by atoms with E-state index in [1.54, 1.807) is 0 Å². The molecule has 16 heavy (non-hydrogen) atoms. The number of rotatable bonds is 8. The van der Waals surface area contributed by atoms with Gasteiger partial charge in [-0.1, -0.05) is 13.8 Å². The first kappa shape index (κ1) is 13.9. The van der Waals surface area contributed by atoms with Gasteiger partial charge in [0, 0.05) is 39.4 Å². The number of ether oxygens (including phenoxy) is 2. The Balaban J connectivity index is 2.00. The minimum atomic E-state index is 0.789. The summed E-state index contributed by atoms with van der Waals surface area (Å²) in [6, 6.07) is 0. The Kier molecular flexibility index (Phi) is 7.76. The van der Waals surface area contributed by atoms with Crippen molar-refractivity contribution >= 4 is 0 Å². The molecule has 0 aromatic heterocycles. The Hall–Kier alpha value is -0.160. The summed E-state index contributed by atoms with van der Waals surface area (Å²) in [5.41, 5.74) is 0. The van der Waals surface area contributed by atoms with Gasteiger partial charge in [0.05, 0.1) is 13.5 Å². The molecule has 0 amide bonds. The van der Waals surface area contributed by atoms with Gasteiger partial charge in [0.1, 0.15) is 0 Å². The van der Waals surface area contributed by atoms with Crippen LogP contribution in [-0.2, 0) is 9.47 Å². The van der Waals surface area contributed by atoms with Crippen molar-refractivity contribution in [2.24, 2.45) is 0 Å². The molecule has 0 atom stereocenters. The van der Waals surface area contributed by atoms with Crippen LogP contribution in [0.5, 0.6) is 0 Å². The molecule has 4 nitrogen and oxygen atoms in total. The van der Waals surface area contributed by atoms with Gasteiger partial charge in [-0.2, -0.15) is 0 Å². The second kappa shape index (κ2) is 8.93. The van der Waals surface area contributed by atoms with Gasteiger partial charge in [-0.05, 0) is 12.8 Å². The van der Waals surface area contributed by atoms with E-state index in [0.717, 1.165) is 65.7 Å². The fourth-order valence-corrected chi connectivity index (χ4v) is 1.72. The van der Waals surface area contributed by atoms with E-state index >= 15 is 0 Å². The highest BCUT2D eigenvalue weighted by atomic mass is 16.5. The summed E-state index contributed by atoms with van der Waals surface area (Å²) in [6.45, 7) is 12.0. The van der Waals surface area contributed by atoms with E-state index < -0.39 is 0 Å². The molecule has 0 aromatic carbocycles. The van der Waals surface area contributed by atoms with Crippen molar-refractivity contribution in [3.05, 3.63) is 0 Å². The highest BCUT2D eigenvalue weighted by Gasteiger charge is 2.16. The molecule has 0 aromatic rings. The first-order valence-electron chi connectivity index (χ1n) is 6.47. The summed E-state index contributed by atoms with van der Waals surface area (Å²) in [4.78, 5) is 4.73. The van der Waals surface area contributed by atoms with Crippen molar-refractivity contribution in [1.82, 2.24) is 9.80 Å². The van der Waals surface area contributed by atoms with Gasteiger partial charge in [-0.25, -0.2) is 0 Å². The first-order valence-corrected chi connectivity index (χ1v) is 6.47. The van der Waals surface area contributed by atoms with Crippen LogP contribution in [0.3, 0.4) is 0 Å². The van der Waals surface area contributed by atoms with Crippen LogP contribution in [0.2, 0.25) is 0 Å². The summed E-state index contributed by atoms with van der Waals surface area (Å²) in [7, 11) is 0. The van der Waals surface area contributed by atoms with Gasteiger partial charge >= 0.3 is 0 Å². The molecule has 96 valence electrons. The lowest BCUT2D eigenvalue weighted by Gasteiger charge is -2.34. The van der Waals surface area contributed by atoms with E-state index in [0.29, 0.717) is 0 Å². The van der Waals surface area contributed by atoms with Crippen molar-refractivity contribution in [2.75, 3.05) is 52.9 Å². The Morgan fingerprint density at radius 1 is 0.750 bits per heavy atom. The Morgan fingerprint density at radius 3 is 1.44 bits per heavy atom. The second-order valence-corrected chi connectivity index (χ2v) is 4.31. The molecule has 1 heterocycles. The van der Waals surface area contributed by atoms with Crippen LogP contribution in [0.25, 0.3) is 0 Å². The van der Waals surface area contributed by atoms with Crippen molar-refractivity contribution in [1.29, 1.82) is 0 Å². The maximum atomic E-state index is 5.53. The standard InChI is InChI=1S/C12H26N2O2/c1-3-9-15-11-13-5-7-14(8-6-13)12-16-10-4-2/h3-12H2,1-2H3. The van der Waals surface area contributed by atoms with Crippen LogP contribution in [-0.4, -0.2) is 62.7 Å². The molecule has 0 radical (unpaired) electrons. The zero-order valence-electron chi connectivity index (χ0n) is 10.8. The maximum absolute atomic E-state index is 5.53. The van der Waals surface area contributed by atoms with Crippen molar-refractivity contribution in [3.63, 3.8) is 0 Å². The predicted molar refractivity (Wildman–Crippen MR) is 65.4 cm³/mol. The van der Waals surface area contributed by atoms with Crippen LogP contribution in [0.4, 0.5) is 0 Å². The summed E-state index contributed by atoms with van der Waals surface area (Å²) < 4.78 is 11.1. The van der Waals surface area contributed by atoms with Gasteiger partial charge in [-0.3, -0.25) is 9.80 Å². The minimum Gasteiger partial charge on any atom is -0.366 e. The first-order chi connectivity index (χ1) is 7.86. The van der Waals surface area contributed by atoms with E-state index in [-0.39, 0.29) is 0 Å². The lowest BCUT2D eigenvalue weighted by Crippen LogP contribution is -2.47. The molecule has 1 fully saturated rings. The average Bonchev–Trinajstić information content (AvgIpc) is 2.32. The maximum Gasteiger partial charge on any atom is 0.0991 e. The molecule has 0 saturated carbocycles. The van der Waals surface area contributed by atoms with E-state index in [1.807, 2.05) is 0 Å². The van der Waals surface area contributed by atoms with Crippen molar-refractivity contribution < 1.29 is 9.47 Å². The van der Waals surface area contributed by atoms with E-state index in [1.165, 1.54) is 0 Å². The number of hydrogen-bond acceptors (Lipinski definition) is 4. The molecule has 0 spiro atoms. The second-order valence-electron chi connectivity index (χ2n) is 4.31. The van der Waals surface area contributed by atoms with Gasteiger partial charge in [-0.15, -0.1) is 0 Å². The van der Waals surface area contributed by atoms with Crippen LogP contribution in [0.15, 0.2) is 0 Å². The van der Waals surface area contributed by atoms with Gasteiger partial charge in [0.2, 0.25) is 0 Å². The van der Waals surface area contributed by atoms with E-state index in [4.69, 9.17) is 9.47 Å². The van der Waals surface area contributed by atoms with Crippen LogP contribution in [0.1, 0.15) is 26.7 Å². The molecule has 1 aliphatic heterocycles. The normalized spacial score (nSPS) is 19.1. The minimum absolute atomic E-state index is 0.789. The Labute approximate surface area is 99.5 Å². The fourth-order valence-electron chi connectivity index (χ4n) is 1.72. The van der Waals surface area contributed by atoms with Gasteiger partial charge in [0.15, 0.2) is 0 Å². The van der Waals surface area contributed by atoms with Crippen LogP contribution < -0.4 is 0 Å². The average molecular weight is 230 g/mol. The molecule has 0 bridgehead atoms. The van der Waals surface area contributed by atoms with Crippen molar-refractivity contribution in [3.8, 4) is 0 Å². The molecular weight excluding hydrogens is 204 g/mol. The third-order valence-corrected chi connectivity index (χ3v) is 2.71. The number of piperazine rings is 1. The Morgan fingerprint density at radius 2 is 1.12 bits per heavy atom. The third-order valence-electron chi connectivity index (χ3n) is 2.71. The zero-order chi connectivity index (χ0) is 11.6. The van der Waals surface area contributed by atoms with Crippen LogP contribution in [0, 0.1) is 0 Å². The summed E-state index contributed by atoms with van der Waals surface area (Å²) in [5, 5.41) is 0. The molecule has 0 N–H and O–H groups in total. The van der Waals surface area contributed by atoms with E-state index in [9.17, 15) is 0 Å². The fraction of sp³-hybridized carbons (Fsp3) is 1.00. The van der Waals surface area contributed by atoms with Crippen molar-refractivity contribution in [2.45, 2.75) is 26.7 Å². The highest BCUT2D eigenvalue weighted by Crippen LogP contribution is 2.02. The molecular formula is C12H26N2O2. The zero-order valence-corrected chi connectivity index (χ0v) is 10.8. The van der Waals surface area contributed by atoms with E-state index in [2.05, 4.69) is 23.6 Å². The Bertz CT molecular complexity index is 141. The summed E-state index contributed by atoms with van der Waals surface area (Å²) in [5.74, 6) is 0. The summed E-state index contributed by atoms with van der Waals surface area (Å²) >= 11 is 0. The lowest BCUT2D eigenvalue weighted by molar-refractivity contribution is -0.0319.